The summed E-state index contributed by atoms with van der Waals surface area (Å²) in [6.45, 7) is 6.99. The third kappa shape index (κ3) is 5.86. The molecule has 1 aliphatic heterocycles. The van der Waals surface area contributed by atoms with Gasteiger partial charge in [0.25, 0.3) is 5.92 Å². The molecule has 0 spiro atoms. The molecule has 0 atom stereocenters. The van der Waals surface area contributed by atoms with Crippen LogP contribution in [0.1, 0.15) is 35.1 Å². The van der Waals surface area contributed by atoms with Crippen molar-refractivity contribution in [1.29, 1.82) is 0 Å². The number of aryl methyl sites for hydroxylation is 2. The molecule has 35 heavy (non-hydrogen) atoms. The van der Waals surface area contributed by atoms with Gasteiger partial charge in [0.05, 0.1) is 11.6 Å². The maximum atomic E-state index is 13.7. The summed E-state index contributed by atoms with van der Waals surface area (Å²) in [4.78, 5) is 6.77. The second-order valence-corrected chi connectivity index (χ2v) is 9.80. The van der Waals surface area contributed by atoms with Crippen molar-refractivity contribution in [3.63, 3.8) is 0 Å². The van der Waals surface area contributed by atoms with E-state index in [2.05, 4.69) is 21.2 Å². The number of hydrogen-bond donors (Lipinski definition) is 1. The smallest absolute Gasteiger partial charge is 0.251 e. The van der Waals surface area contributed by atoms with Crippen molar-refractivity contribution >= 4 is 33.3 Å². The zero-order valence-electron chi connectivity index (χ0n) is 20.4. The van der Waals surface area contributed by atoms with Gasteiger partial charge in [-0.2, -0.15) is 0 Å². The number of rotatable bonds is 7. The van der Waals surface area contributed by atoms with E-state index in [9.17, 15) is 8.78 Å². The summed E-state index contributed by atoms with van der Waals surface area (Å²) in [5.74, 6) is 0.354. The molecule has 4 rings (SSSR count). The van der Waals surface area contributed by atoms with E-state index in [1.807, 2.05) is 68.1 Å². The fraction of sp³-hybridized carbons (Fsp3) is 0.370. The van der Waals surface area contributed by atoms with Crippen molar-refractivity contribution in [3.05, 3.63) is 69.2 Å². The maximum absolute atomic E-state index is 13.7. The Morgan fingerprint density at radius 2 is 1.71 bits per heavy atom. The minimum Gasteiger partial charge on any atom is -0.497 e. The number of aromatic nitrogens is 1. The van der Waals surface area contributed by atoms with Crippen molar-refractivity contribution in [2.24, 2.45) is 0 Å². The third-order valence-electron chi connectivity index (χ3n) is 6.35. The molecule has 1 saturated heterocycles. The van der Waals surface area contributed by atoms with Crippen molar-refractivity contribution in [1.82, 2.24) is 4.98 Å². The number of ether oxygens (including phenoxy) is 2. The lowest BCUT2D eigenvalue weighted by atomic mass is 10.1. The number of nitrogens with zero attached hydrogens (tertiary/aromatic N) is 2. The first-order valence-corrected chi connectivity index (χ1v) is 12.4. The van der Waals surface area contributed by atoms with Crippen LogP contribution in [-0.4, -0.2) is 31.1 Å². The van der Waals surface area contributed by atoms with Crippen LogP contribution in [0.4, 0.5) is 26.1 Å². The summed E-state index contributed by atoms with van der Waals surface area (Å²) in [6.07, 6.45) is -0.308. The van der Waals surface area contributed by atoms with Crippen molar-refractivity contribution in [2.75, 3.05) is 30.4 Å². The van der Waals surface area contributed by atoms with E-state index in [0.717, 1.165) is 49.7 Å². The van der Waals surface area contributed by atoms with Crippen LogP contribution < -0.4 is 19.7 Å². The van der Waals surface area contributed by atoms with Gasteiger partial charge in [-0.3, -0.25) is 0 Å². The molecule has 2 aromatic carbocycles. The molecule has 0 unspecified atom stereocenters. The van der Waals surface area contributed by atoms with Crippen LogP contribution in [0.25, 0.3) is 0 Å². The van der Waals surface area contributed by atoms with Crippen molar-refractivity contribution < 1.29 is 18.3 Å². The van der Waals surface area contributed by atoms with Gasteiger partial charge in [0, 0.05) is 37.2 Å². The number of alkyl halides is 2. The Morgan fingerprint density at radius 1 is 1.03 bits per heavy atom. The summed E-state index contributed by atoms with van der Waals surface area (Å²) in [7, 11) is 1.64. The first-order valence-electron chi connectivity index (χ1n) is 11.6. The lowest BCUT2D eigenvalue weighted by Crippen LogP contribution is -2.40. The number of methoxy groups -OCH3 is 1. The normalized spacial score (nSPS) is 15.1. The number of nitrogens with one attached hydrogen (secondary N) is 1. The molecular formula is C27H30BrF2N3O2. The summed E-state index contributed by atoms with van der Waals surface area (Å²) < 4.78 is 39.5. The monoisotopic (exact) mass is 545 g/mol. The highest BCUT2D eigenvalue weighted by Gasteiger charge is 2.35. The van der Waals surface area contributed by atoms with E-state index in [1.165, 1.54) is 0 Å². The predicted octanol–water partition coefficient (Wildman–Crippen LogP) is 7.34. The van der Waals surface area contributed by atoms with Crippen LogP contribution in [-0.2, 0) is 6.61 Å². The Labute approximate surface area is 213 Å². The van der Waals surface area contributed by atoms with Gasteiger partial charge >= 0.3 is 0 Å². The van der Waals surface area contributed by atoms with E-state index in [0.29, 0.717) is 12.4 Å². The van der Waals surface area contributed by atoms with E-state index in [-0.39, 0.29) is 25.9 Å². The molecule has 1 aromatic heterocycles. The molecule has 1 fully saturated rings. The number of benzene rings is 2. The van der Waals surface area contributed by atoms with Crippen LogP contribution >= 0.6 is 15.9 Å². The Bertz CT molecular complexity index is 1190. The topological polar surface area (TPSA) is 46.6 Å². The highest BCUT2D eigenvalue weighted by atomic mass is 79.9. The molecule has 0 amide bonds. The molecule has 0 saturated carbocycles. The number of piperidine rings is 1. The maximum Gasteiger partial charge on any atom is 0.251 e. The average Bonchev–Trinajstić information content (AvgIpc) is 2.83. The highest BCUT2D eigenvalue weighted by molar-refractivity contribution is 9.10. The van der Waals surface area contributed by atoms with Crippen LogP contribution in [0.3, 0.4) is 0 Å². The molecule has 186 valence electrons. The molecular weight excluding hydrogens is 516 g/mol. The van der Waals surface area contributed by atoms with E-state index in [4.69, 9.17) is 14.5 Å². The van der Waals surface area contributed by atoms with Crippen LogP contribution in [0, 0.1) is 20.8 Å². The molecule has 5 nitrogen and oxygen atoms in total. The van der Waals surface area contributed by atoms with Crippen LogP contribution in [0.5, 0.6) is 11.5 Å². The van der Waals surface area contributed by atoms with E-state index >= 15 is 0 Å². The first-order chi connectivity index (χ1) is 16.7. The lowest BCUT2D eigenvalue weighted by molar-refractivity contribution is -0.0221. The SMILES string of the molecule is COc1ccc(COc2ccc(C)c(Nc3nc(N4CCC(F)(F)CC4)c(C)cc3Br)c2C)cc1. The molecule has 0 radical (unpaired) electrons. The zero-order chi connectivity index (χ0) is 25.2. The number of pyridine rings is 1. The quantitative estimate of drug-likeness (QED) is 0.336. The van der Waals surface area contributed by atoms with Gasteiger partial charge in [0.1, 0.15) is 29.7 Å². The van der Waals surface area contributed by atoms with Gasteiger partial charge in [-0.05, 0) is 77.7 Å². The van der Waals surface area contributed by atoms with Gasteiger partial charge in [-0.25, -0.2) is 13.8 Å². The van der Waals surface area contributed by atoms with Crippen molar-refractivity contribution in [2.45, 2.75) is 46.1 Å². The standard InChI is InChI=1S/C27H30BrF2N3O2/c1-17-5-10-23(35-16-20-6-8-21(34-4)9-7-20)19(3)24(17)31-25-22(28)15-18(2)26(32-25)33-13-11-27(29,30)12-14-33/h5-10,15H,11-14,16H2,1-4H3,(H,31,32). The number of halogens is 3. The molecule has 0 bridgehead atoms. The third-order valence-corrected chi connectivity index (χ3v) is 6.96. The fourth-order valence-corrected chi connectivity index (χ4v) is 4.73. The first kappa shape index (κ1) is 25.2. The molecule has 3 aromatic rings. The Kier molecular flexibility index (Phi) is 7.50. The van der Waals surface area contributed by atoms with Gasteiger partial charge in [-0.15, -0.1) is 0 Å². The minimum atomic E-state index is -2.60. The van der Waals surface area contributed by atoms with E-state index in [1.54, 1.807) is 7.11 Å². The Morgan fingerprint density at radius 3 is 2.37 bits per heavy atom. The molecule has 0 aliphatic carbocycles. The highest BCUT2D eigenvalue weighted by Crippen LogP contribution is 2.37. The summed E-state index contributed by atoms with van der Waals surface area (Å²) >= 11 is 3.62. The second kappa shape index (κ2) is 10.4. The van der Waals surface area contributed by atoms with Crippen LogP contribution in [0.15, 0.2) is 46.9 Å². The fourth-order valence-electron chi connectivity index (χ4n) is 4.20. The minimum absolute atomic E-state index is 0.154. The second-order valence-electron chi connectivity index (χ2n) is 8.94. The number of anilines is 3. The van der Waals surface area contributed by atoms with Crippen LogP contribution in [0.2, 0.25) is 0 Å². The molecule has 8 heteroatoms. The zero-order valence-corrected chi connectivity index (χ0v) is 22.0. The van der Waals surface area contributed by atoms with Gasteiger partial charge in [0.2, 0.25) is 0 Å². The molecule has 1 aliphatic rings. The predicted molar refractivity (Wildman–Crippen MR) is 140 cm³/mol. The van der Waals surface area contributed by atoms with Gasteiger partial charge in [-0.1, -0.05) is 18.2 Å². The Balaban J connectivity index is 1.55. The summed E-state index contributed by atoms with van der Waals surface area (Å²) in [5.41, 5.74) is 4.91. The largest absolute Gasteiger partial charge is 0.497 e. The van der Waals surface area contributed by atoms with Gasteiger partial charge < -0.3 is 19.7 Å². The van der Waals surface area contributed by atoms with Crippen molar-refractivity contribution in [3.8, 4) is 11.5 Å². The number of hydrogen-bond acceptors (Lipinski definition) is 5. The molecule has 1 N–H and O–H groups in total. The summed E-state index contributed by atoms with van der Waals surface area (Å²) in [5, 5.41) is 3.46. The lowest BCUT2D eigenvalue weighted by Gasteiger charge is -2.33. The van der Waals surface area contributed by atoms with Gasteiger partial charge in [0.15, 0.2) is 0 Å². The molecule has 2 heterocycles. The average molecular weight is 546 g/mol. The Hall–Kier alpha value is -2.87. The summed E-state index contributed by atoms with van der Waals surface area (Å²) in [6, 6.07) is 13.7. The van der Waals surface area contributed by atoms with E-state index < -0.39 is 5.92 Å².